The summed E-state index contributed by atoms with van der Waals surface area (Å²) >= 11 is 0. The topological polar surface area (TPSA) is 68.2 Å². The van der Waals surface area contributed by atoms with Crippen LogP contribution in [0.3, 0.4) is 0 Å². The van der Waals surface area contributed by atoms with Crippen molar-refractivity contribution in [1.82, 2.24) is 9.29 Å². The molecular weight excluding hydrogens is 408 g/mol. The zero-order chi connectivity index (χ0) is 22.2. The van der Waals surface area contributed by atoms with E-state index in [1.807, 2.05) is 48.7 Å². The molecule has 2 heterocycles. The first kappa shape index (κ1) is 21.5. The van der Waals surface area contributed by atoms with Gasteiger partial charge in [0.05, 0.1) is 12.3 Å². The van der Waals surface area contributed by atoms with Gasteiger partial charge in [-0.15, -0.1) is 0 Å². The van der Waals surface area contributed by atoms with Crippen molar-refractivity contribution in [1.29, 1.82) is 0 Å². The molecule has 2 aromatic carbocycles. The van der Waals surface area contributed by atoms with Gasteiger partial charge in [0, 0.05) is 17.8 Å². The molecule has 0 aliphatic carbocycles. The van der Waals surface area contributed by atoms with Gasteiger partial charge in [0.15, 0.2) is 0 Å². The Hall–Kier alpha value is -2.70. The highest BCUT2D eigenvalue weighted by atomic mass is 32.2. The highest BCUT2D eigenvalue weighted by Gasteiger charge is 2.33. The van der Waals surface area contributed by atoms with Gasteiger partial charge in [0.1, 0.15) is 0 Å². The molecule has 2 atom stereocenters. The maximum atomic E-state index is 13.0. The predicted octanol–water partition coefficient (Wildman–Crippen LogP) is 3.78. The number of sulfonamides is 1. The standard InChI is InChI=1S/C25H28N2O3S/c1-17-14-25(28)27-23(18(17)2)13-12-22(26-31(3,29)30)24(27)16-19-8-7-11-21(15-19)20-9-5-4-6-10-20/h4-11,14-15,22,24,26H,12-13,16H2,1-3H3/t22-,24-/m0/s1. The SMILES string of the molecule is Cc1cc(=O)n2c(c1C)CC[C@H](NS(C)(=O)=O)[C@@H]2Cc1cccc(-c2ccccc2)c1. The van der Waals surface area contributed by atoms with Crippen LogP contribution in [0.15, 0.2) is 65.5 Å². The van der Waals surface area contributed by atoms with E-state index in [0.29, 0.717) is 19.3 Å². The Morgan fingerprint density at radius 1 is 1.00 bits per heavy atom. The molecule has 1 N–H and O–H groups in total. The number of aromatic nitrogens is 1. The number of pyridine rings is 1. The summed E-state index contributed by atoms with van der Waals surface area (Å²) in [6.45, 7) is 3.99. The predicted molar refractivity (Wildman–Crippen MR) is 125 cm³/mol. The van der Waals surface area contributed by atoms with E-state index in [9.17, 15) is 13.2 Å². The molecule has 5 nitrogen and oxygen atoms in total. The maximum absolute atomic E-state index is 13.0. The van der Waals surface area contributed by atoms with Gasteiger partial charge >= 0.3 is 0 Å². The molecule has 0 fully saturated rings. The lowest BCUT2D eigenvalue weighted by Gasteiger charge is -2.36. The lowest BCUT2D eigenvalue weighted by molar-refractivity contribution is 0.314. The number of hydrogen-bond donors (Lipinski definition) is 1. The zero-order valence-electron chi connectivity index (χ0n) is 18.1. The van der Waals surface area contributed by atoms with Crippen LogP contribution in [-0.2, 0) is 22.9 Å². The molecule has 3 aromatic rings. The third-order valence-corrected chi connectivity index (χ3v) is 6.96. The normalized spacial score (nSPS) is 18.5. The van der Waals surface area contributed by atoms with Crippen LogP contribution in [0.4, 0.5) is 0 Å². The maximum Gasteiger partial charge on any atom is 0.251 e. The third-order valence-electron chi connectivity index (χ3n) is 6.23. The Bertz CT molecular complexity index is 1260. The van der Waals surface area contributed by atoms with Crippen molar-refractivity contribution in [2.45, 2.75) is 45.2 Å². The summed E-state index contributed by atoms with van der Waals surface area (Å²) < 4.78 is 28.7. The fraction of sp³-hybridized carbons (Fsp3) is 0.320. The quantitative estimate of drug-likeness (QED) is 0.662. The number of rotatable bonds is 5. The summed E-state index contributed by atoms with van der Waals surface area (Å²) in [6, 6.07) is 19.5. The second kappa shape index (κ2) is 8.44. The van der Waals surface area contributed by atoms with Crippen molar-refractivity contribution < 1.29 is 8.42 Å². The first-order valence-corrected chi connectivity index (χ1v) is 12.5. The van der Waals surface area contributed by atoms with Crippen LogP contribution in [0.1, 0.15) is 34.8 Å². The van der Waals surface area contributed by atoms with E-state index in [-0.39, 0.29) is 17.6 Å². The molecule has 6 heteroatoms. The first-order chi connectivity index (χ1) is 14.7. The molecule has 0 spiro atoms. The second-order valence-corrected chi connectivity index (χ2v) is 10.3. The van der Waals surface area contributed by atoms with E-state index < -0.39 is 10.0 Å². The summed E-state index contributed by atoms with van der Waals surface area (Å²) in [7, 11) is -3.40. The van der Waals surface area contributed by atoms with Gasteiger partial charge in [-0.05, 0) is 60.9 Å². The van der Waals surface area contributed by atoms with Crippen LogP contribution in [0.5, 0.6) is 0 Å². The molecule has 0 bridgehead atoms. The van der Waals surface area contributed by atoms with Gasteiger partial charge in [-0.3, -0.25) is 4.79 Å². The molecular formula is C25H28N2O3S. The molecule has 0 saturated heterocycles. The fourth-order valence-electron chi connectivity index (χ4n) is 4.64. The summed E-state index contributed by atoms with van der Waals surface area (Å²) in [5.41, 5.74) is 6.35. The minimum Gasteiger partial charge on any atom is -0.307 e. The summed E-state index contributed by atoms with van der Waals surface area (Å²) in [6.07, 6.45) is 3.10. The van der Waals surface area contributed by atoms with Gasteiger partial charge in [0.2, 0.25) is 10.0 Å². The average molecular weight is 437 g/mol. The fourth-order valence-corrected chi connectivity index (χ4v) is 5.46. The van der Waals surface area contributed by atoms with Gasteiger partial charge in [-0.2, -0.15) is 0 Å². The highest BCUT2D eigenvalue weighted by molar-refractivity contribution is 7.88. The van der Waals surface area contributed by atoms with Gasteiger partial charge in [0.25, 0.3) is 5.56 Å². The number of nitrogens with zero attached hydrogens (tertiary/aromatic N) is 1. The van der Waals surface area contributed by atoms with Gasteiger partial charge in [-0.1, -0.05) is 54.6 Å². The lowest BCUT2D eigenvalue weighted by atomic mass is 9.88. The number of nitrogens with one attached hydrogen (secondary N) is 1. The summed E-state index contributed by atoms with van der Waals surface area (Å²) in [5, 5.41) is 0. The Balaban J connectivity index is 1.77. The minimum atomic E-state index is -3.40. The van der Waals surface area contributed by atoms with Crippen LogP contribution in [-0.4, -0.2) is 25.3 Å². The van der Waals surface area contributed by atoms with Gasteiger partial charge in [-0.25, -0.2) is 13.1 Å². The van der Waals surface area contributed by atoms with Crippen LogP contribution in [0, 0.1) is 13.8 Å². The molecule has 1 aliphatic rings. The van der Waals surface area contributed by atoms with Gasteiger partial charge < -0.3 is 4.57 Å². The number of fused-ring (bicyclic) bond motifs is 1. The summed E-state index contributed by atoms with van der Waals surface area (Å²) in [4.78, 5) is 13.0. The number of benzene rings is 2. The molecule has 31 heavy (non-hydrogen) atoms. The third kappa shape index (κ3) is 4.65. The Kier molecular flexibility index (Phi) is 5.86. The monoisotopic (exact) mass is 436 g/mol. The molecule has 0 saturated carbocycles. The largest absolute Gasteiger partial charge is 0.307 e. The van der Waals surface area contributed by atoms with Crippen molar-refractivity contribution in [3.8, 4) is 11.1 Å². The van der Waals surface area contributed by atoms with Crippen LogP contribution in [0.25, 0.3) is 11.1 Å². The van der Waals surface area contributed by atoms with Crippen LogP contribution >= 0.6 is 0 Å². The second-order valence-electron chi connectivity index (χ2n) is 8.48. The molecule has 0 unspecified atom stereocenters. The van der Waals surface area contributed by atoms with E-state index in [0.717, 1.165) is 33.5 Å². The van der Waals surface area contributed by atoms with Crippen LogP contribution in [0.2, 0.25) is 0 Å². The van der Waals surface area contributed by atoms with Crippen molar-refractivity contribution in [2.75, 3.05) is 6.26 Å². The van der Waals surface area contributed by atoms with E-state index in [4.69, 9.17) is 0 Å². The summed E-state index contributed by atoms with van der Waals surface area (Å²) in [5.74, 6) is 0. The zero-order valence-corrected chi connectivity index (χ0v) is 18.9. The number of hydrogen-bond acceptors (Lipinski definition) is 3. The first-order valence-electron chi connectivity index (χ1n) is 10.6. The van der Waals surface area contributed by atoms with E-state index in [2.05, 4.69) is 29.0 Å². The minimum absolute atomic E-state index is 0.0673. The van der Waals surface area contributed by atoms with Crippen molar-refractivity contribution in [3.05, 3.63) is 93.4 Å². The smallest absolute Gasteiger partial charge is 0.251 e. The molecule has 4 rings (SSSR count). The average Bonchev–Trinajstić information content (AvgIpc) is 2.73. The molecule has 0 amide bonds. The Morgan fingerprint density at radius 2 is 1.71 bits per heavy atom. The Labute approximate surface area is 183 Å². The number of aryl methyl sites for hydroxylation is 1. The molecule has 0 radical (unpaired) electrons. The van der Waals surface area contributed by atoms with Crippen molar-refractivity contribution in [2.24, 2.45) is 0 Å². The van der Waals surface area contributed by atoms with E-state index >= 15 is 0 Å². The van der Waals surface area contributed by atoms with E-state index in [1.54, 1.807) is 6.07 Å². The molecule has 1 aromatic heterocycles. The van der Waals surface area contributed by atoms with Crippen LogP contribution < -0.4 is 10.3 Å². The van der Waals surface area contributed by atoms with Crippen molar-refractivity contribution in [3.63, 3.8) is 0 Å². The Morgan fingerprint density at radius 3 is 2.42 bits per heavy atom. The molecule has 1 aliphatic heterocycles. The van der Waals surface area contributed by atoms with Crippen molar-refractivity contribution >= 4 is 10.0 Å². The highest BCUT2D eigenvalue weighted by Crippen LogP contribution is 2.31. The van der Waals surface area contributed by atoms with E-state index in [1.165, 1.54) is 6.26 Å². The molecule has 162 valence electrons. The lowest BCUT2D eigenvalue weighted by Crippen LogP contribution is -2.48.